The van der Waals surface area contributed by atoms with Gasteiger partial charge in [0.25, 0.3) is 0 Å². The summed E-state index contributed by atoms with van der Waals surface area (Å²) < 4.78 is 36.6. The summed E-state index contributed by atoms with van der Waals surface area (Å²) in [5.41, 5.74) is 0.733. The van der Waals surface area contributed by atoms with Gasteiger partial charge in [0.15, 0.2) is 5.41 Å². The second-order valence-electron chi connectivity index (χ2n) is 8.01. The topological polar surface area (TPSA) is 86.7 Å². The monoisotopic (exact) mass is 444 g/mol. The Morgan fingerprint density at radius 2 is 1.68 bits per heavy atom. The zero-order valence-electron chi connectivity index (χ0n) is 18.1. The second-order valence-corrected chi connectivity index (χ2v) is 9.98. The predicted molar refractivity (Wildman–Crippen MR) is 116 cm³/mol. The fourth-order valence-electron chi connectivity index (χ4n) is 3.82. The standard InChI is InChI=1S/C24H28O6S/c1-5-14-24(21(25)29-3,22(26)30-4)18-20(13-17-23(2)15-9-10-16-23)31(27,28)19-11-7-6-8-12-19/h1,6-8,11-12,17H,9-10,14-16,18H2,2-4H3. The summed E-state index contributed by atoms with van der Waals surface area (Å²) in [6.07, 6.45) is 10.2. The van der Waals surface area contributed by atoms with Crippen LogP contribution in [-0.2, 0) is 28.9 Å². The van der Waals surface area contributed by atoms with Crippen molar-refractivity contribution in [3.05, 3.63) is 47.0 Å². The Labute approximate surface area is 184 Å². The molecule has 0 radical (unpaired) electrons. The van der Waals surface area contributed by atoms with E-state index >= 15 is 0 Å². The minimum atomic E-state index is -4.06. The lowest BCUT2D eigenvalue weighted by Gasteiger charge is -2.27. The average molecular weight is 445 g/mol. The number of hydrogen-bond acceptors (Lipinski definition) is 6. The van der Waals surface area contributed by atoms with Gasteiger partial charge in [-0.1, -0.05) is 38.0 Å². The number of allylic oxidation sites excluding steroid dienone is 1. The Hall–Kier alpha value is -2.81. The molecule has 6 nitrogen and oxygen atoms in total. The summed E-state index contributed by atoms with van der Waals surface area (Å²) in [5, 5.41) is 0. The highest BCUT2D eigenvalue weighted by molar-refractivity contribution is 7.95. The fraction of sp³-hybridized carbons (Fsp3) is 0.458. The van der Waals surface area contributed by atoms with Crippen molar-refractivity contribution in [2.24, 2.45) is 10.8 Å². The molecule has 0 unspecified atom stereocenters. The van der Waals surface area contributed by atoms with Crippen LogP contribution in [-0.4, -0.2) is 34.6 Å². The van der Waals surface area contributed by atoms with E-state index < -0.39 is 33.6 Å². The van der Waals surface area contributed by atoms with Crippen molar-refractivity contribution in [1.29, 1.82) is 0 Å². The quantitative estimate of drug-likeness (QED) is 0.262. The molecule has 1 saturated carbocycles. The van der Waals surface area contributed by atoms with Crippen molar-refractivity contribution in [3.63, 3.8) is 0 Å². The minimum Gasteiger partial charge on any atom is -0.468 e. The number of ether oxygens (including phenoxy) is 2. The maximum Gasteiger partial charge on any atom is 0.324 e. The molecular formula is C24H28O6S. The summed E-state index contributed by atoms with van der Waals surface area (Å²) in [6, 6.07) is 7.80. The minimum absolute atomic E-state index is 0.0341. The van der Waals surface area contributed by atoms with E-state index in [0.29, 0.717) is 0 Å². The van der Waals surface area contributed by atoms with Crippen LogP contribution in [0.15, 0.2) is 51.9 Å². The van der Waals surface area contributed by atoms with Gasteiger partial charge in [-0.15, -0.1) is 18.1 Å². The van der Waals surface area contributed by atoms with Crippen LogP contribution in [0.4, 0.5) is 0 Å². The van der Waals surface area contributed by atoms with Gasteiger partial charge in [0.05, 0.1) is 24.0 Å². The molecule has 0 N–H and O–H groups in total. The highest BCUT2D eigenvalue weighted by Crippen LogP contribution is 2.40. The van der Waals surface area contributed by atoms with Crippen molar-refractivity contribution in [2.75, 3.05) is 14.2 Å². The number of hydrogen-bond donors (Lipinski definition) is 0. The second kappa shape index (κ2) is 10.00. The van der Waals surface area contributed by atoms with Crippen molar-refractivity contribution in [2.45, 2.75) is 50.3 Å². The van der Waals surface area contributed by atoms with Crippen LogP contribution in [0, 0.1) is 23.2 Å². The third-order valence-corrected chi connectivity index (χ3v) is 7.53. The van der Waals surface area contributed by atoms with E-state index in [1.54, 1.807) is 24.3 Å². The lowest BCUT2D eigenvalue weighted by molar-refractivity contribution is -0.168. The van der Waals surface area contributed by atoms with Gasteiger partial charge in [0, 0.05) is 12.8 Å². The van der Waals surface area contributed by atoms with E-state index in [-0.39, 0.29) is 21.6 Å². The van der Waals surface area contributed by atoms with Crippen LogP contribution in [0.3, 0.4) is 0 Å². The average Bonchev–Trinajstić information content (AvgIpc) is 3.21. The molecule has 0 aliphatic heterocycles. The van der Waals surface area contributed by atoms with E-state index in [9.17, 15) is 18.0 Å². The van der Waals surface area contributed by atoms with E-state index in [0.717, 1.165) is 39.9 Å². The van der Waals surface area contributed by atoms with Gasteiger partial charge in [-0.2, -0.15) is 0 Å². The summed E-state index contributed by atoms with van der Waals surface area (Å²) in [5.74, 6) is 0.389. The zero-order valence-corrected chi connectivity index (χ0v) is 19.0. The smallest absolute Gasteiger partial charge is 0.324 e. The van der Waals surface area contributed by atoms with Gasteiger partial charge in [-0.25, -0.2) is 8.42 Å². The molecule has 31 heavy (non-hydrogen) atoms. The summed E-state index contributed by atoms with van der Waals surface area (Å²) in [4.78, 5) is 25.2. The van der Waals surface area contributed by atoms with Crippen molar-refractivity contribution < 1.29 is 27.5 Å². The third kappa shape index (κ3) is 5.28. The van der Waals surface area contributed by atoms with Crippen LogP contribution < -0.4 is 0 Å². The molecule has 2 rings (SSSR count). The van der Waals surface area contributed by atoms with Crippen LogP contribution in [0.5, 0.6) is 0 Å². The largest absolute Gasteiger partial charge is 0.468 e. The number of benzene rings is 1. The van der Waals surface area contributed by atoms with Gasteiger partial charge in [-0.05, 0) is 36.5 Å². The first-order valence-electron chi connectivity index (χ1n) is 10.0. The Morgan fingerprint density at radius 1 is 1.13 bits per heavy atom. The lowest BCUT2D eigenvalue weighted by Crippen LogP contribution is -2.42. The maximum atomic E-state index is 13.5. The molecule has 1 aliphatic carbocycles. The van der Waals surface area contributed by atoms with Gasteiger partial charge in [-0.3, -0.25) is 9.59 Å². The molecule has 0 atom stereocenters. The molecule has 0 bridgehead atoms. The fourth-order valence-corrected chi connectivity index (χ4v) is 5.27. The molecule has 7 heteroatoms. The van der Waals surface area contributed by atoms with Gasteiger partial charge < -0.3 is 9.47 Å². The molecule has 1 aliphatic rings. The van der Waals surface area contributed by atoms with Crippen molar-refractivity contribution in [3.8, 4) is 12.3 Å². The Kier molecular flexibility index (Phi) is 7.89. The van der Waals surface area contributed by atoms with Gasteiger partial charge in [0.1, 0.15) is 0 Å². The first kappa shape index (κ1) is 24.5. The number of carbonyl (C=O) groups excluding carboxylic acids is 2. The van der Waals surface area contributed by atoms with E-state index in [1.165, 1.54) is 12.1 Å². The number of rotatable bonds is 8. The van der Waals surface area contributed by atoms with E-state index in [1.807, 2.05) is 6.92 Å². The molecule has 0 spiro atoms. The van der Waals surface area contributed by atoms with Crippen LogP contribution in [0.1, 0.15) is 45.4 Å². The number of sulfone groups is 1. The Balaban J connectivity index is 2.72. The number of terminal acetylenes is 1. The molecule has 0 heterocycles. The van der Waals surface area contributed by atoms with Crippen molar-refractivity contribution in [1.82, 2.24) is 0 Å². The first-order valence-corrected chi connectivity index (χ1v) is 11.5. The summed E-state index contributed by atoms with van der Waals surface area (Å²) >= 11 is 0. The van der Waals surface area contributed by atoms with E-state index in [4.69, 9.17) is 15.9 Å². The molecule has 0 saturated heterocycles. The molecule has 1 aromatic carbocycles. The summed E-state index contributed by atoms with van der Waals surface area (Å²) in [7, 11) is -1.84. The zero-order chi connectivity index (χ0) is 23.1. The highest BCUT2D eigenvalue weighted by Gasteiger charge is 2.50. The normalized spacial score (nSPS) is 15.3. The maximum absolute atomic E-state index is 13.5. The van der Waals surface area contributed by atoms with Crippen molar-refractivity contribution >= 4 is 21.8 Å². The highest BCUT2D eigenvalue weighted by atomic mass is 32.2. The van der Waals surface area contributed by atoms with Gasteiger partial charge in [0.2, 0.25) is 9.84 Å². The number of esters is 2. The van der Waals surface area contributed by atoms with Crippen LogP contribution in [0.25, 0.3) is 0 Å². The molecule has 0 aromatic heterocycles. The molecule has 1 aromatic rings. The lowest BCUT2D eigenvalue weighted by atomic mass is 9.81. The van der Waals surface area contributed by atoms with Gasteiger partial charge >= 0.3 is 11.9 Å². The predicted octanol–water partition coefficient (Wildman–Crippen LogP) is 3.83. The Bertz CT molecular complexity index is 1000. The Morgan fingerprint density at radius 3 is 2.16 bits per heavy atom. The number of carbonyl (C=O) groups is 2. The SMILES string of the molecule is C#CCC(CC(=C=CC1(C)CCCC1)S(=O)(=O)c1ccccc1)(C(=O)OC)C(=O)OC. The molecule has 166 valence electrons. The molecule has 1 fully saturated rings. The molecular weight excluding hydrogens is 416 g/mol. The number of methoxy groups -OCH3 is 2. The van der Waals surface area contributed by atoms with Crippen LogP contribution in [0.2, 0.25) is 0 Å². The third-order valence-electron chi connectivity index (χ3n) is 5.72. The van der Waals surface area contributed by atoms with Crippen LogP contribution >= 0.6 is 0 Å². The first-order chi connectivity index (χ1) is 14.6. The molecule has 0 amide bonds. The van der Waals surface area contributed by atoms with E-state index in [2.05, 4.69) is 11.7 Å². The summed E-state index contributed by atoms with van der Waals surface area (Å²) in [6.45, 7) is 2.04.